The number of hydrogen-bond donors (Lipinski definition) is 2. The van der Waals surface area contributed by atoms with Gasteiger partial charge < -0.3 is 9.84 Å². The number of benzene rings is 2. The summed E-state index contributed by atoms with van der Waals surface area (Å²) in [5, 5.41) is 10.4. The standard InChI is InChI=1S/C19H15F2N3O5S/c1-10(11-2-5-13(20)6-3-11)29-16-7-4-12-8-14(25)19(17(21)18(12)22-16)24-9-15(26)23-30(24,27)28/h2-8,10,25H,9H2,1H3,(H,23,26). The Kier molecular flexibility index (Phi) is 4.69. The number of carbonyl (C=O) groups is 1. The lowest BCUT2D eigenvalue weighted by Crippen LogP contribution is -2.30. The number of aromatic hydroxyl groups is 1. The van der Waals surface area contributed by atoms with E-state index in [4.69, 9.17) is 4.74 Å². The Morgan fingerprint density at radius 2 is 1.90 bits per heavy atom. The van der Waals surface area contributed by atoms with Gasteiger partial charge in [0, 0.05) is 11.5 Å². The number of halogens is 2. The van der Waals surface area contributed by atoms with E-state index in [1.54, 1.807) is 23.8 Å². The predicted molar refractivity (Wildman–Crippen MR) is 103 cm³/mol. The molecule has 0 radical (unpaired) electrons. The van der Waals surface area contributed by atoms with E-state index in [0.29, 0.717) is 9.87 Å². The number of amides is 1. The maximum atomic E-state index is 15.2. The van der Waals surface area contributed by atoms with E-state index < -0.39 is 51.8 Å². The molecule has 4 rings (SSSR count). The number of nitrogens with zero attached hydrogens (tertiary/aromatic N) is 2. The summed E-state index contributed by atoms with van der Waals surface area (Å²) >= 11 is 0. The number of nitrogens with one attached hydrogen (secondary N) is 1. The molecule has 0 spiro atoms. The first-order chi connectivity index (χ1) is 14.2. The maximum absolute atomic E-state index is 15.2. The van der Waals surface area contributed by atoms with E-state index in [1.165, 1.54) is 24.3 Å². The zero-order valence-electron chi connectivity index (χ0n) is 15.5. The molecule has 2 aromatic carbocycles. The summed E-state index contributed by atoms with van der Waals surface area (Å²) in [4.78, 5) is 15.6. The van der Waals surface area contributed by atoms with Crippen molar-refractivity contribution in [1.82, 2.24) is 9.71 Å². The Morgan fingerprint density at radius 3 is 2.53 bits per heavy atom. The molecule has 11 heteroatoms. The normalized spacial score (nSPS) is 16.5. The van der Waals surface area contributed by atoms with E-state index in [1.807, 2.05) is 0 Å². The molecule has 1 saturated heterocycles. The number of phenols is 1. The molecule has 1 amide bonds. The van der Waals surface area contributed by atoms with E-state index in [-0.39, 0.29) is 16.8 Å². The Hall–Kier alpha value is -3.47. The van der Waals surface area contributed by atoms with Crippen molar-refractivity contribution in [3.05, 3.63) is 59.7 Å². The maximum Gasteiger partial charge on any atom is 0.326 e. The number of rotatable bonds is 4. The molecule has 8 nitrogen and oxygen atoms in total. The number of fused-ring (bicyclic) bond motifs is 1. The fourth-order valence-electron chi connectivity index (χ4n) is 3.12. The van der Waals surface area contributed by atoms with E-state index in [9.17, 15) is 22.7 Å². The highest BCUT2D eigenvalue weighted by atomic mass is 32.2. The number of anilines is 1. The predicted octanol–water partition coefficient (Wildman–Crippen LogP) is 2.54. The van der Waals surface area contributed by atoms with Gasteiger partial charge in [-0.1, -0.05) is 12.1 Å². The van der Waals surface area contributed by atoms with Gasteiger partial charge in [0.25, 0.3) is 5.91 Å². The monoisotopic (exact) mass is 435 g/mol. The molecule has 0 bridgehead atoms. The Morgan fingerprint density at radius 1 is 1.20 bits per heavy atom. The third-order valence-electron chi connectivity index (χ3n) is 4.56. The van der Waals surface area contributed by atoms with Crippen LogP contribution in [0, 0.1) is 11.6 Å². The van der Waals surface area contributed by atoms with E-state index in [0.717, 1.165) is 6.07 Å². The van der Waals surface area contributed by atoms with Crippen LogP contribution in [0.15, 0.2) is 42.5 Å². The lowest BCUT2D eigenvalue weighted by atomic mass is 10.1. The fourth-order valence-corrected chi connectivity index (χ4v) is 4.28. The first-order valence-corrected chi connectivity index (χ1v) is 10.2. The van der Waals surface area contributed by atoms with Gasteiger partial charge in [-0.05, 0) is 36.8 Å². The number of carbonyl (C=O) groups excluding carboxylic acids is 1. The topological polar surface area (TPSA) is 109 Å². The second-order valence-corrected chi connectivity index (χ2v) is 8.22. The zero-order chi connectivity index (χ0) is 21.6. The summed E-state index contributed by atoms with van der Waals surface area (Å²) in [7, 11) is -4.33. The second-order valence-electron chi connectivity index (χ2n) is 6.63. The molecule has 156 valence electrons. The van der Waals surface area contributed by atoms with Crippen molar-refractivity contribution in [3.8, 4) is 11.6 Å². The van der Waals surface area contributed by atoms with Crippen molar-refractivity contribution >= 4 is 32.7 Å². The minimum Gasteiger partial charge on any atom is -0.506 e. The van der Waals surface area contributed by atoms with Crippen molar-refractivity contribution in [1.29, 1.82) is 0 Å². The molecule has 0 saturated carbocycles. The highest BCUT2D eigenvalue weighted by molar-refractivity contribution is 7.92. The molecule has 2 heterocycles. The SMILES string of the molecule is CC(Oc1ccc2cc(O)c(N3CC(=O)NS3(=O)=O)c(F)c2n1)c1ccc(F)cc1. The van der Waals surface area contributed by atoms with Crippen molar-refractivity contribution in [2.75, 3.05) is 10.8 Å². The number of pyridine rings is 1. The first kappa shape index (κ1) is 19.8. The van der Waals surface area contributed by atoms with Crippen LogP contribution in [0.1, 0.15) is 18.6 Å². The molecule has 1 aliphatic rings. The summed E-state index contributed by atoms with van der Waals surface area (Å²) in [5.41, 5.74) is -0.267. The van der Waals surface area contributed by atoms with Crippen LogP contribution in [0.4, 0.5) is 14.5 Å². The molecule has 3 aromatic rings. The van der Waals surface area contributed by atoms with Crippen molar-refractivity contribution in [3.63, 3.8) is 0 Å². The largest absolute Gasteiger partial charge is 0.506 e. The smallest absolute Gasteiger partial charge is 0.326 e. The lowest BCUT2D eigenvalue weighted by Gasteiger charge is -2.18. The van der Waals surface area contributed by atoms with Crippen LogP contribution in [0.3, 0.4) is 0 Å². The second kappa shape index (κ2) is 7.10. The van der Waals surface area contributed by atoms with E-state index in [2.05, 4.69) is 4.98 Å². The molecule has 1 atom stereocenters. The Bertz CT molecular complexity index is 1270. The molecule has 2 N–H and O–H groups in total. The van der Waals surface area contributed by atoms with Crippen LogP contribution >= 0.6 is 0 Å². The van der Waals surface area contributed by atoms with Gasteiger partial charge in [0.15, 0.2) is 5.82 Å². The molecule has 30 heavy (non-hydrogen) atoms. The summed E-state index contributed by atoms with van der Waals surface area (Å²) < 4.78 is 60.2. The van der Waals surface area contributed by atoms with Crippen molar-refractivity contribution < 1.29 is 31.8 Å². The van der Waals surface area contributed by atoms with Crippen LogP contribution in [-0.4, -0.2) is 31.0 Å². The third-order valence-corrected chi connectivity index (χ3v) is 5.94. The van der Waals surface area contributed by atoms with Gasteiger partial charge in [-0.25, -0.2) is 22.8 Å². The first-order valence-electron chi connectivity index (χ1n) is 8.73. The Balaban J connectivity index is 1.73. The number of aromatic nitrogens is 1. The average molecular weight is 435 g/mol. The number of hydrogen-bond acceptors (Lipinski definition) is 6. The highest BCUT2D eigenvalue weighted by Gasteiger charge is 2.38. The number of ether oxygens (including phenoxy) is 1. The Labute approximate surface area is 169 Å². The van der Waals surface area contributed by atoms with Crippen LogP contribution in [-0.2, 0) is 15.0 Å². The third kappa shape index (κ3) is 3.47. The number of phenolic OH excluding ortho intramolecular Hbond substituents is 1. The summed E-state index contributed by atoms with van der Waals surface area (Å²) in [6, 6.07) is 9.70. The zero-order valence-corrected chi connectivity index (χ0v) is 16.3. The summed E-state index contributed by atoms with van der Waals surface area (Å²) in [5.74, 6) is -2.99. The van der Waals surface area contributed by atoms with Crippen molar-refractivity contribution in [2.24, 2.45) is 0 Å². The van der Waals surface area contributed by atoms with Gasteiger partial charge in [-0.2, -0.15) is 8.42 Å². The minimum absolute atomic E-state index is 0.0355. The van der Waals surface area contributed by atoms with Crippen LogP contribution in [0.5, 0.6) is 11.6 Å². The molecule has 1 fully saturated rings. The average Bonchev–Trinajstić information content (AvgIpc) is 2.94. The fraction of sp³-hybridized carbons (Fsp3) is 0.158. The quantitative estimate of drug-likeness (QED) is 0.652. The molecular weight excluding hydrogens is 420 g/mol. The summed E-state index contributed by atoms with van der Waals surface area (Å²) in [6.45, 7) is 1.03. The van der Waals surface area contributed by atoms with Gasteiger partial charge in [0.1, 0.15) is 35.4 Å². The van der Waals surface area contributed by atoms with Crippen molar-refractivity contribution in [2.45, 2.75) is 13.0 Å². The summed E-state index contributed by atoms with van der Waals surface area (Å²) in [6.07, 6.45) is -0.532. The van der Waals surface area contributed by atoms with Crippen LogP contribution in [0.25, 0.3) is 10.9 Å². The van der Waals surface area contributed by atoms with Gasteiger partial charge in [0.2, 0.25) is 5.88 Å². The van der Waals surface area contributed by atoms with Gasteiger partial charge in [0.05, 0.1) is 0 Å². The molecule has 0 aliphatic carbocycles. The lowest BCUT2D eigenvalue weighted by molar-refractivity contribution is -0.117. The molecule has 1 aliphatic heterocycles. The van der Waals surface area contributed by atoms with Gasteiger partial charge in [-0.3, -0.25) is 4.79 Å². The van der Waals surface area contributed by atoms with Gasteiger partial charge >= 0.3 is 10.2 Å². The minimum atomic E-state index is -4.33. The van der Waals surface area contributed by atoms with Crippen LogP contribution in [0.2, 0.25) is 0 Å². The molecule has 1 aromatic heterocycles. The van der Waals surface area contributed by atoms with E-state index >= 15 is 4.39 Å². The van der Waals surface area contributed by atoms with Crippen LogP contribution < -0.4 is 13.8 Å². The molecule has 1 unspecified atom stereocenters. The highest BCUT2D eigenvalue weighted by Crippen LogP contribution is 2.38. The molecular formula is C19H15F2N3O5S. The van der Waals surface area contributed by atoms with Gasteiger partial charge in [-0.15, -0.1) is 0 Å².